The predicted octanol–water partition coefficient (Wildman–Crippen LogP) is 3.06. The van der Waals surface area contributed by atoms with E-state index in [9.17, 15) is 9.59 Å². The SMILES string of the molecule is CC(C)(C)C1CCC(COC(=O)C2CCC(=O)N2)OC1C(C)(C)C. The van der Waals surface area contributed by atoms with E-state index in [0.717, 1.165) is 12.8 Å². The minimum atomic E-state index is -0.484. The van der Waals surface area contributed by atoms with Crippen LogP contribution in [-0.2, 0) is 19.1 Å². The molecule has 1 N–H and O–H groups in total. The minimum Gasteiger partial charge on any atom is -0.461 e. The lowest BCUT2D eigenvalue weighted by atomic mass is 9.66. The second-order valence-corrected chi connectivity index (χ2v) is 9.38. The number of hydrogen-bond acceptors (Lipinski definition) is 4. The van der Waals surface area contributed by atoms with Crippen molar-refractivity contribution < 1.29 is 19.1 Å². The van der Waals surface area contributed by atoms with Gasteiger partial charge in [0, 0.05) is 6.42 Å². The van der Waals surface area contributed by atoms with E-state index in [2.05, 4.69) is 46.9 Å². The van der Waals surface area contributed by atoms with Crippen LogP contribution >= 0.6 is 0 Å². The molecular formula is C19H33NO4. The first-order valence-corrected chi connectivity index (χ1v) is 9.10. The third-order valence-corrected chi connectivity index (χ3v) is 5.16. The van der Waals surface area contributed by atoms with Gasteiger partial charge in [0.2, 0.25) is 5.91 Å². The lowest BCUT2D eigenvalue weighted by Crippen LogP contribution is -2.49. The lowest BCUT2D eigenvalue weighted by molar-refractivity contribution is -0.178. The van der Waals surface area contributed by atoms with Gasteiger partial charge in [-0.15, -0.1) is 0 Å². The van der Waals surface area contributed by atoms with Crippen molar-refractivity contribution in [2.75, 3.05) is 6.61 Å². The fourth-order valence-corrected chi connectivity index (χ4v) is 3.77. The van der Waals surface area contributed by atoms with Gasteiger partial charge in [-0.05, 0) is 36.0 Å². The van der Waals surface area contributed by atoms with Crippen molar-refractivity contribution in [3.63, 3.8) is 0 Å². The van der Waals surface area contributed by atoms with E-state index in [1.54, 1.807) is 0 Å². The van der Waals surface area contributed by atoms with Crippen LogP contribution in [0.4, 0.5) is 0 Å². The van der Waals surface area contributed by atoms with Crippen LogP contribution in [0.2, 0.25) is 0 Å². The molecule has 5 nitrogen and oxygen atoms in total. The largest absolute Gasteiger partial charge is 0.461 e. The van der Waals surface area contributed by atoms with Crippen molar-refractivity contribution in [3.05, 3.63) is 0 Å². The standard InChI is InChI=1S/C19H33NO4/c1-18(2,3)13-8-7-12(24-16(13)19(4,5)6)11-23-17(22)14-9-10-15(21)20-14/h12-14,16H,7-11H2,1-6H3,(H,20,21). The van der Waals surface area contributed by atoms with Crippen molar-refractivity contribution in [2.45, 2.75) is 85.5 Å². The van der Waals surface area contributed by atoms with E-state index in [4.69, 9.17) is 9.47 Å². The molecule has 2 heterocycles. The quantitative estimate of drug-likeness (QED) is 0.803. The maximum Gasteiger partial charge on any atom is 0.328 e. The molecule has 4 unspecified atom stereocenters. The molecule has 0 saturated carbocycles. The molecule has 2 saturated heterocycles. The summed E-state index contributed by atoms with van der Waals surface area (Å²) in [6, 6.07) is -0.484. The average Bonchev–Trinajstić information content (AvgIpc) is 2.89. The summed E-state index contributed by atoms with van der Waals surface area (Å²) in [4.78, 5) is 23.2. The molecule has 2 rings (SSSR count). The van der Waals surface area contributed by atoms with Gasteiger partial charge in [-0.3, -0.25) is 4.79 Å². The van der Waals surface area contributed by atoms with Gasteiger partial charge in [0.25, 0.3) is 0 Å². The summed E-state index contributed by atoms with van der Waals surface area (Å²) in [5.74, 6) is 0.0694. The summed E-state index contributed by atoms with van der Waals surface area (Å²) in [7, 11) is 0. The molecule has 0 aromatic rings. The highest BCUT2D eigenvalue weighted by atomic mass is 16.6. The van der Waals surface area contributed by atoms with Gasteiger partial charge in [-0.25, -0.2) is 4.79 Å². The molecule has 1 amide bonds. The lowest BCUT2D eigenvalue weighted by Gasteiger charge is -2.48. The normalized spacial score (nSPS) is 31.7. The summed E-state index contributed by atoms with van der Waals surface area (Å²) < 4.78 is 11.8. The topological polar surface area (TPSA) is 64.6 Å². The second-order valence-electron chi connectivity index (χ2n) is 9.38. The molecule has 24 heavy (non-hydrogen) atoms. The van der Waals surface area contributed by atoms with E-state index in [0.29, 0.717) is 18.8 Å². The molecule has 0 aromatic carbocycles. The number of rotatable bonds is 3. The predicted molar refractivity (Wildman–Crippen MR) is 92.4 cm³/mol. The molecule has 4 atom stereocenters. The molecule has 2 aliphatic rings. The zero-order valence-electron chi connectivity index (χ0n) is 16.0. The van der Waals surface area contributed by atoms with Crippen LogP contribution in [0.3, 0.4) is 0 Å². The minimum absolute atomic E-state index is 0.0417. The van der Waals surface area contributed by atoms with E-state index in [-0.39, 0.29) is 41.5 Å². The van der Waals surface area contributed by atoms with Crippen molar-refractivity contribution in [1.82, 2.24) is 5.32 Å². The Balaban J connectivity index is 1.91. The molecule has 2 fully saturated rings. The molecule has 0 aliphatic carbocycles. The summed E-state index contributed by atoms with van der Waals surface area (Å²) in [6.07, 6.45) is 2.99. The Morgan fingerprint density at radius 2 is 1.79 bits per heavy atom. The van der Waals surface area contributed by atoms with Gasteiger partial charge in [-0.1, -0.05) is 41.5 Å². The van der Waals surface area contributed by atoms with Gasteiger partial charge < -0.3 is 14.8 Å². The Labute approximate surface area is 145 Å². The summed E-state index contributed by atoms with van der Waals surface area (Å²) in [5.41, 5.74) is 0.230. The van der Waals surface area contributed by atoms with Gasteiger partial charge in [0.05, 0.1) is 12.2 Å². The number of nitrogens with one attached hydrogen (secondary N) is 1. The highest BCUT2D eigenvalue weighted by molar-refractivity contribution is 5.88. The van der Waals surface area contributed by atoms with Crippen LogP contribution in [0.5, 0.6) is 0 Å². The van der Waals surface area contributed by atoms with E-state index < -0.39 is 6.04 Å². The van der Waals surface area contributed by atoms with Crippen molar-refractivity contribution >= 4 is 11.9 Å². The maximum absolute atomic E-state index is 12.0. The molecule has 0 bridgehead atoms. The highest BCUT2D eigenvalue weighted by Gasteiger charge is 2.44. The highest BCUT2D eigenvalue weighted by Crippen LogP contribution is 2.44. The fraction of sp³-hybridized carbons (Fsp3) is 0.895. The first-order valence-electron chi connectivity index (χ1n) is 9.10. The van der Waals surface area contributed by atoms with Gasteiger partial charge >= 0.3 is 5.97 Å². The van der Waals surface area contributed by atoms with Crippen LogP contribution in [0, 0.1) is 16.7 Å². The Morgan fingerprint density at radius 1 is 1.12 bits per heavy atom. The molecule has 2 aliphatic heterocycles. The zero-order chi connectivity index (χ0) is 18.1. The Morgan fingerprint density at radius 3 is 2.29 bits per heavy atom. The first-order chi connectivity index (χ1) is 11.0. The van der Waals surface area contributed by atoms with E-state index in [1.807, 2.05) is 0 Å². The summed E-state index contributed by atoms with van der Waals surface area (Å²) >= 11 is 0. The molecular weight excluding hydrogens is 306 g/mol. The number of carbonyl (C=O) groups is 2. The zero-order valence-corrected chi connectivity index (χ0v) is 16.0. The van der Waals surface area contributed by atoms with Crippen LogP contribution in [0.15, 0.2) is 0 Å². The smallest absolute Gasteiger partial charge is 0.328 e. The number of ether oxygens (including phenoxy) is 2. The Bertz CT molecular complexity index is 475. The molecule has 0 aromatic heterocycles. The first kappa shape index (κ1) is 19.2. The molecule has 0 spiro atoms. The maximum atomic E-state index is 12.0. The number of amides is 1. The molecule has 0 radical (unpaired) electrons. The second kappa shape index (κ2) is 7.03. The summed E-state index contributed by atoms with van der Waals surface area (Å²) in [6.45, 7) is 13.7. The van der Waals surface area contributed by atoms with E-state index >= 15 is 0 Å². The van der Waals surface area contributed by atoms with Crippen LogP contribution < -0.4 is 5.32 Å². The number of hydrogen-bond donors (Lipinski definition) is 1. The summed E-state index contributed by atoms with van der Waals surface area (Å²) in [5, 5.41) is 2.65. The average molecular weight is 339 g/mol. The van der Waals surface area contributed by atoms with Gasteiger partial charge in [0.1, 0.15) is 12.6 Å². The van der Waals surface area contributed by atoms with Crippen LogP contribution in [0.1, 0.15) is 67.2 Å². The van der Waals surface area contributed by atoms with Crippen molar-refractivity contribution in [3.8, 4) is 0 Å². The third-order valence-electron chi connectivity index (χ3n) is 5.16. The fourth-order valence-electron chi connectivity index (χ4n) is 3.77. The van der Waals surface area contributed by atoms with E-state index in [1.165, 1.54) is 0 Å². The number of carbonyl (C=O) groups excluding carboxylic acids is 2. The molecule has 138 valence electrons. The van der Waals surface area contributed by atoms with Crippen molar-refractivity contribution in [1.29, 1.82) is 0 Å². The van der Waals surface area contributed by atoms with Crippen molar-refractivity contribution in [2.24, 2.45) is 16.7 Å². The Kier molecular flexibility index (Phi) is 5.63. The van der Waals surface area contributed by atoms with Crippen LogP contribution in [-0.4, -0.2) is 36.7 Å². The van der Waals surface area contributed by atoms with Gasteiger partial charge in [0.15, 0.2) is 0 Å². The third kappa shape index (κ3) is 4.71. The van der Waals surface area contributed by atoms with Gasteiger partial charge in [-0.2, -0.15) is 0 Å². The Hall–Kier alpha value is -1.10. The van der Waals surface area contributed by atoms with Crippen LogP contribution in [0.25, 0.3) is 0 Å². The molecule has 5 heteroatoms. The number of esters is 1. The monoisotopic (exact) mass is 339 g/mol.